The summed E-state index contributed by atoms with van der Waals surface area (Å²) in [6, 6.07) is 5.87. The van der Waals surface area contributed by atoms with E-state index >= 15 is 0 Å². The number of aromatic nitrogens is 2. The fraction of sp³-hybridized carbons (Fsp3) is 0.385. The first-order valence-corrected chi connectivity index (χ1v) is 7.82. The van der Waals surface area contributed by atoms with Crippen molar-refractivity contribution in [1.82, 2.24) is 14.9 Å². The smallest absolute Gasteiger partial charge is 0.243 e. The summed E-state index contributed by atoms with van der Waals surface area (Å²) in [5.74, 6) is 1.14. The third-order valence-electron chi connectivity index (χ3n) is 3.41. The highest BCUT2D eigenvalue weighted by molar-refractivity contribution is 14.1. The number of nitrogens with zero attached hydrogens (tertiary/aromatic N) is 2. The summed E-state index contributed by atoms with van der Waals surface area (Å²) in [5, 5.41) is 2.92. The third-order valence-corrected chi connectivity index (χ3v) is 4.32. The zero-order valence-corrected chi connectivity index (χ0v) is 13.1. The number of amides is 1. The molecule has 1 aromatic carbocycles. The maximum atomic E-state index is 12.1. The standard InChI is InChI=1S/C13H13ClIN3O/c14-7-12-17-9-6-8(15)3-4-10(9)18(12)11-2-1-5-16-13(11)19/h3-4,6,11H,1-2,5,7H2,(H,16,19). The highest BCUT2D eigenvalue weighted by atomic mass is 127. The Hall–Kier alpha value is -0.820. The van der Waals surface area contributed by atoms with E-state index in [1.165, 1.54) is 0 Å². The minimum atomic E-state index is -0.187. The summed E-state index contributed by atoms with van der Waals surface area (Å²) >= 11 is 8.25. The van der Waals surface area contributed by atoms with Crippen molar-refractivity contribution >= 4 is 51.1 Å². The fourth-order valence-electron chi connectivity index (χ4n) is 2.57. The molecule has 1 amide bonds. The number of rotatable bonds is 2. The molecule has 1 fully saturated rings. The van der Waals surface area contributed by atoms with E-state index in [0.29, 0.717) is 5.88 Å². The van der Waals surface area contributed by atoms with Gasteiger partial charge in [0.15, 0.2) is 0 Å². The van der Waals surface area contributed by atoms with Crippen molar-refractivity contribution in [3.05, 3.63) is 27.6 Å². The van der Waals surface area contributed by atoms with Crippen molar-refractivity contribution in [1.29, 1.82) is 0 Å². The van der Waals surface area contributed by atoms with Crippen LogP contribution in [0.5, 0.6) is 0 Å². The highest BCUT2D eigenvalue weighted by Crippen LogP contribution is 2.27. The zero-order valence-electron chi connectivity index (χ0n) is 10.2. The first-order valence-electron chi connectivity index (χ1n) is 6.21. The summed E-state index contributed by atoms with van der Waals surface area (Å²) < 4.78 is 3.12. The van der Waals surface area contributed by atoms with Crippen LogP contribution in [-0.2, 0) is 10.7 Å². The molecule has 6 heteroatoms. The lowest BCUT2D eigenvalue weighted by molar-refractivity contribution is -0.125. The molecule has 4 nitrogen and oxygen atoms in total. The van der Waals surface area contributed by atoms with Crippen LogP contribution in [-0.4, -0.2) is 22.0 Å². The molecule has 2 heterocycles. The number of fused-ring (bicyclic) bond motifs is 1. The van der Waals surface area contributed by atoms with Crippen LogP contribution in [0.4, 0.5) is 0 Å². The van der Waals surface area contributed by atoms with Crippen LogP contribution < -0.4 is 5.32 Å². The molecule has 1 N–H and O–H groups in total. The van der Waals surface area contributed by atoms with Crippen LogP contribution in [0.1, 0.15) is 24.7 Å². The van der Waals surface area contributed by atoms with Gasteiger partial charge in [-0.3, -0.25) is 4.79 Å². The van der Waals surface area contributed by atoms with Gasteiger partial charge in [-0.15, -0.1) is 11.6 Å². The third kappa shape index (κ3) is 2.33. The van der Waals surface area contributed by atoms with Crippen LogP contribution in [0.2, 0.25) is 0 Å². The molecule has 1 unspecified atom stereocenters. The first-order chi connectivity index (χ1) is 9.20. The second-order valence-corrected chi connectivity index (χ2v) is 6.13. The number of carbonyl (C=O) groups is 1. The molecule has 2 aromatic rings. The number of piperidine rings is 1. The van der Waals surface area contributed by atoms with Crippen LogP contribution in [0.15, 0.2) is 18.2 Å². The highest BCUT2D eigenvalue weighted by Gasteiger charge is 2.27. The number of carbonyl (C=O) groups excluding carboxylic acids is 1. The molecule has 0 aliphatic carbocycles. The molecule has 1 aromatic heterocycles. The predicted octanol–water partition coefficient (Wildman–Crippen LogP) is 2.83. The van der Waals surface area contributed by atoms with Gasteiger partial charge in [0.2, 0.25) is 5.91 Å². The van der Waals surface area contributed by atoms with Crippen molar-refractivity contribution in [3.63, 3.8) is 0 Å². The van der Waals surface area contributed by atoms with Gasteiger partial charge in [-0.05, 0) is 53.6 Å². The van der Waals surface area contributed by atoms with E-state index in [2.05, 4.69) is 32.9 Å². The number of hydrogen-bond donors (Lipinski definition) is 1. The summed E-state index contributed by atoms with van der Waals surface area (Å²) in [5.41, 5.74) is 1.89. The Morgan fingerprint density at radius 2 is 2.37 bits per heavy atom. The molecule has 1 aliphatic heterocycles. The van der Waals surface area contributed by atoms with Crippen LogP contribution in [0, 0.1) is 3.57 Å². The van der Waals surface area contributed by atoms with Crippen molar-refractivity contribution in [2.45, 2.75) is 24.8 Å². The van der Waals surface area contributed by atoms with Crippen molar-refractivity contribution in [3.8, 4) is 0 Å². The minimum absolute atomic E-state index is 0.0652. The Morgan fingerprint density at radius 1 is 1.53 bits per heavy atom. The van der Waals surface area contributed by atoms with E-state index in [4.69, 9.17) is 11.6 Å². The number of hydrogen-bond acceptors (Lipinski definition) is 2. The SMILES string of the molecule is O=C1NCCCC1n1c(CCl)nc2cc(I)ccc21. The Kier molecular flexibility index (Phi) is 3.66. The van der Waals surface area contributed by atoms with Gasteiger partial charge in [0.1, 0.15) is 11.9 Å². The van der Waals surface area contributed by atoms with Crippen LogP contribution in [0.3, 0.4) is 0 Å². The molecule has 0 spiro atoms. The topological polar surface area (TPSA) is 46.9 Å². The molecular weight excluding hydrogens is 377 g/mol. The molecule has 0 saturated carbocycles. The monoisotopic (exact) mass is 389 g/mol. The number of benzene rings is 1. The van der Waals surface area contributed by atoms with Crippen LogP contribution >= 0.6 is 34.2 Å². The van der Waals surface area contributed by atoms with E-state index in [1.54, 1.807) is 0 Å². The lowest BCUT2D eigenvalue weighted by atomic mass is 10.1. The van der Waals surface area contributed by atoms with Gasteiger partial charge < -0.3 is 9.88 Å². The van der Waals surface area contributed by atoms with Gasteiger partial charge in [-0.2, -0.15) is 0 Å². The lowest BCUT2D eigenvalue weighted by Crippen LogP contribution is -2.38. The fourth-order valence-corrected chi connectivity index (χ4v) is 3.23. The number of imidazole rings is 1. The molecule has 1 atom stereocenters. The van der Waals surface area contributed by atoms with Gasteiger partial charge in [0.25, 0.3) is 0 Å². The van der Waals surface area contributed by atoms with Gasteiger partial charge >= 0.3 is 0 Å². The van der Waals surface area contributed by atoms with Crippen LogP contribution in [0.25, 0.3) is 11.0 Å². The Labute approximate surface area is 129 Å². The Morgan fingerprint density at radius 3 is 3.11 bits per heavy atom. The van der Waals surface area contributed by atoms with E-state index in [-0.39, 0.29) is 11.9 Å². The lowest BCUT2D eigenvalue weighted by Gasteiger charge is -2.24. The average molecular weight is 390 g/mol. The van der Waals surface area contributed by atoms with Gasteiger partial charge in [0, 0.05) is 10.1 Å². The first kappa shape index (κ1) is 13.2. The largest absolute Gasteiger partial charge is 0.354 e. The molecular formula is C13H13ClIN3O. The minimum Gasteiger partial charge on any atom is -0.354 e. The molecule has 3 rings (SSSR count). The second kappa shape index (κ2) is 5.28. The molecule has 100 valence electrons. The maximum absolute atomic E-state index is 12.1. The van der Waals surface area contributed by atoms with Gasteiger partial charge in [-0.1, -0.05) is 0 Å². The molecule has 1 saturated heterocycles. The maximum Gasteiger partial charge on any atom is 0.243 e. The zero-order chi connectivity index (χ0) is 13.4. The molecule has 19 heavy (non-hydrogen) atoms. The Bertz CT molecular complexity index is 640. The van der Waals surface area contributed by atoms with Gasteiger partial charge in [0.05, 0.1) is 16.9 Å². The molecule has 1 aliphatic rings. The van der Waals surface area contributed by atoms with Crippen molar-refractivity contribution in [2.75, 3.05) is 6.54 Å². The van der Waals surface area contributed by atoms with Gasteiger partial charge in [-0.25, -0.2) is 4.98 Å². The summed E-state index contributed by atoms with van der Waals surface area (Å²) in [7, 11) is 0. The predicted molar refractivity (Wildman–Crippen MR) is 83.3 cm³/mol. The van der Waals surface area contributed by atoms with Crippen molar-refractivity contribution in [2.24, 2.45) is 0 Å². The number of halogens is 2. The quantitative estimate of drug-likeness (QED) is 0.634. The molecule has 0 radical (unpaired) electrons. The van der Waals surface area contributed by atoms with E-state index < -0.39 is 0 Å². The van der Waals surface area contributed by atoms with E-state index in [0.717, 1.165) is 39.8 Å². The summed E-state index contributed by atoms with van der Waals surface area (Å²) in [4.78, 5) is 16.6. The Balaban J connectivity index is 2.17. The average Bonchev–Trinajstić information content (AvgIpc) is 2.76. The number of alkyl halides is 1. The number of nitrogens with one attached hydrogen (secondary N) is 1. The molecule has 0 bridgehead atoms. The summed E-state index contributed by atoms with van der Waals surface area (Å²) in [6.45, 7) is 0.760. The summed E-state index contributed by atoms with van der Waals surface area (Å²) in [6.07, 6.45) is 1.83. The van der Waals surface area contributed by atoms with Crippen molar-refractivity contribution < 1.29 is 4.79 Å². The van der Waals surface area contributed by atoms with E-state index in [1.807, 2.05) is 22.8 Å². The normalized spacial score (nSPS) is 19.7. The van der Waals surface area contributed by atoms with E-state index in [9.17, 15) is 4.79 Å². The second-order valence-electron chi connectivity index (χ2n) is 4.61.